The molecule has 0 unspecified atom stereocenters. The number of pyridine rings is 3. The van der Waals surface area contributed by atoms with E-state index in [0.29, 0.717) is 22.8 Å². The highest BCUT2D eigenvalue weighted by Gasteiger charge is 2.17. The monoisotopic (exact) mass is 436 g/mol. The summed E-state index contributed by atoms with van der Waals surface area (Å²) in [7, 11) is 3.98. The van der Waals surface area contributed by atoms with Gasteiger partial charge in [-0.15, -0.1) is 0 Å². The number of H-pyrrole nitrogens is 2. The van der Waals surface area contributed by atoms with Gasteiger partial charge >= 0.3 is 0 Å². The number of anilines is 1. The van der Waals surface area contributed by atoms with Gasteiger partial charge in [0.05, 0.1) is 35.0 Å². The lowest BCUT2D eigenvalue weighted by Gasteiger charge is -2.12. The van der Waals surface area contributed by atoms with Gasteiger partial charge in [-0.3, -0.25) is 10.1 Å². The molecule has 0 radical (unpaired) electrons. The predicted molar refractivity (Wildman–Crippen MR) is 126 cm³/mol. The summed E-state index contributed by atoms with van der Waals surface area (Å²) >= 11 is 0. The minimum Gasteiger partial charge on any atom is -0.376 e. The van der Waals surface area contributed by atoms with E-state index in [4.69, 9.17) is 4.98 Å². The van der Waals surface area contributed by atoms with Gasteiger partial charge in [-0.1, -0.05) is 0 Å². The SMILES string of the molecule is Cc1cn(-c2ccnc3[nH]c(-c4n[nH]c5ncc(-c6cncc(N(C)C)c6)cc45)nc23)cn1. The molecule has 0 aromatic carbocycles. The van der Waals surface area contributed by atoms with Gasteiger partial charge in [0.15, 0.2) is 17.1 Å². The fourth-order valence-electron chi connectivity index (χ4n) is 3.84. The summed E-state index contributed by atoms with van der Waals surface area (Å²) in [5.41, 5.74) is 7.56. The van der Waals surface area contributed by atoms with E-state index in [1.54, 1.807) is 12.5 Å². The van der Waals surface area contributed by atoms with Crippen molar-refractivity contribution in [2.45, 2.75) is 6.92 Å². The zero-order chi connectivity index (χ0) is 22.5. The molecule has 6 aromatic heterocycles. The van der Waals surface area contributed by atoms with Gasteiger partial charge in [0.1, 0.15) is 11.2 Å². The van der Waals surface area contributed by atoms with Gasteiger partial charge in [-0.2, -0.15) is 5.10 Å². The Morgan fingerprint density at radius 2 is 1.85 bits per heavy atom. The third-order valence-corrected chi connectivity index (χ3v) is 5.57. The molecule has 0 amide bonds. The number of nitrogens with one attached hydrogen (secondary N) is 2. The van der Waals surface area contributed by atoms with Gasteiger partial charge in [-0.05, 0) is 25.1 Å². The molecule has 0 fully saturated rings. The molecule has 6 rings (SSSR count). The lowest BCUT2D eigenvalue weighted by Crippen LogP contribution is -2.08. The Bertz CT molecular complexity index is 1620. The first kappa shape index (κ1) is 19.1. The van der Waals surface area contributed by atoms with E-state index in [2.05, 4.69) is 47.2 Å². The first-order valence-electron chi connectivity index (χ1n) is 10.4. The molecule has 2 N–H and O–H groups in total. The fraction of sp³-hybridized carbons (Fsp3) is 0.130. The molecule has 10 nitrogen and oxygen atoms in total. The van der Waals surface area contributed by atoms with Crippen LogP contribution >= 0.6 is 0 Å². The Kier molecular flexibility index (Phi) is 4.19. The number of aryl methyl sites for hydroxylation is 1. The van der Waals surface area contributed by atoms with E-state index in [1.807, 2.05) is 61.3 Å². The Morgan fingerprint density at radius 1 is 0.970 bits per heavy atom. The number of imidazole rings is 2. The zero-order valence-corrected chi connectivity index (χ0v) is 18.3. The van der Waals surface area contributed by atoms with Gasteiger partial charge < -0.3 is 14.5 Å². The second-order valence-corrected chi connectivity index (χ2v) is 8.05. The Hall–Kier alpha value is -4.60. The second kappa shape index (κ2) is 7.23. The van der Waals surface area contributed by atoms with Crippen molar-refractivity contribution >= 4 is 27.9 Å². The molecule has 0 aliphatic heterocycles. The molecule has 0 saturated heterocycles. The minimum atomic E-state index is 0.618. The van der Waals surface area contributed by atoms with Crippen molar-refractivity contribution in [3.63, 3.8) is 0 Å². The molecule has 0 saturated carbocycles. The number of fused-ring (bicyclic) bond motifs is 2. The lowest BCUT2D eigenvalue weighted by atomic mass is 10.1. The van der Waals surface area contributed by atoms with Crippen LogP contribution < -0.4 is 4.90 Å². The van der Waals surface area contributed by atoms with Crippen LogP contribution in [0.25, 0.3) is 50.5 Å². The van der Waals surface area contributed by atoms with Crippen LogP contribution in [0.3, 0.4) is 0 Å². The van der Waals surface area contributed by atoms with Crippen LogP contribution in [-0.4, -0.2) is 58.8 Å². The van der Waals surface area contributed by atoms with Gasteiger partial charge in [-0.25, -0.2) is 19.9 Å². The first-order chi connectivity index (χ1) is 16.1. The lowest BCUT2D eigenvalue weighted by molar-refractivity contribution is 1.06. The molecule has 162 valence electrons. The van der Waals surface area contributed by atoms with Gasteiger partial charge in [0.2, 0.25) is 0 Å². The van der Waals surface area contributed by atoms with E-state index in [-0.39, 0.29) is 0 Å². The van der Waals surface area contributed by atoms with Crippen molar-refractivity contribution in [1.29, 1.82) is 0 Å². The van der Waals surface area contributed by atoms with Crippen LogP contribution in [0, 0.1) is 6.92 Å². The topological polar surface area (TPSA) is 117 Å². The predicted octanol–water partition coefficient (Wildman–Crippen LogP) is 3.52. The van der Waals surface area contributed by atoms with Crippen LogP contribution in [0.15, 0.2) is 55.5 Å². The van der Waals surface area contributed by atoms with Crippen molar-refractivity contribution in [3.8, 4) is 28.3 Å². The smallest absolute Gasteiger partial charge is 0.161 e. The highest BCUT2D eigenvalue weighted by atomic mass is 15.2. The van der Waals surface area contributed by atoms with Gasteiger partial charge in [0, 0.05) is 50.0 Å². The summed E-state index contributed by atoms with van der Waals surface area (Å²) in [5.74, 6) is 0.618. The maximum Gasteiger partial charge on any atom is 0.161 e. The quantitative estimate of drug-likeness (QED) is 0.434. The molecule has 6 aromatic rings. The highest BCUT2D eigenvalue weighted by molar-refractivity contribution is 5.94. The maximum absolute atomic E-state index is 4.83. The number of nitrogens with zero attached hydrogens (tertiary/aromatic N) is 8. The molecule has 33 heavy (non-hydrogen) atoms. The maximum atomic E-state index is 4.83. The molecule has 6 heterocycles. The molecular formula is C23H20N10. The average Bonchev–Trinajstić information content (AvgIpc) is 3.55. The van der Waals surface area contributed by atoms with Crippen LogP contribution in [0.4, 0.5) is 5.69 Å². The van der Waals surface area contributed by atoms with E-state index in [9.17, 15) is 0 Å². The average molecular weight is 436 g/mol. The standard InChI is InChI=1S/C23H20N10/c1-13-11-33(12-27-13)18-4-5-25-22-20(18)28-23(29-22)19-17-7-15(9-26-21(17)31-30-19)14-6-16(32(2)3)10-24-8-14/h4-12H,1-3H3,(H,25,28,29)(H,26,30,31). The first-order valence-corrected chi connectivity index (χ1v) is 10.4. The molecule has 0 bridgehead atoms. The third-order valence-electron chi connectivity index (χ3n) is 5.57. The van der Waals surface area contributed by atoms with Crippen LogP contribution in [0.1, 0.15) is 5.69 Å². The fourth-order valence-corrected chi connectivity index (χ4v) is 3.84. The van der Waals surface area contributed by atoms with Crippen molar-refractivity contribution in [3.05, 3.63) is 61.2 Å². The number of hydrogen-bond donors (Lipinski definition) is 2. The molecule has 0 spiro atoms. The summed E-state index contributed by atoms with van der Waals surface area (Å²) in [6, 6.07) is 6.06. The summed E-state index contributed by atoms with van der Waals surface area (Å²) in [6.07, 6.45) is 11.0. The van der Waals surface area contributed by atoms with Crippen molar-refractivity contribution in [2.24, 2.45) is 0 Å². The number of hydrogen-bond acceptors (Lipinski definition) is 7. The number of rotatable bonds is 4. The molecular weight excluding hydrogens is 416 g/mol. The van der Waals surface area contributed by atoms with Gasteiger partial charge in [0.25, 0.3) is 0 Å². The van der Waals surface area contributed by atoms with Crippen LogP contribution in [0.2, 0.25) is 0 Å². The minimum absolute atomic E-state index is 0.618. The van der Waals surface area contributed by atoms with Crippen LogP contribution in [0.5, 0.6) is 0 Å². The second-order valence-electron chi connectivity index (χ2n) is 8.05. The number of aromatic nitrogens is 9. The summed E-state index contributed by atoms with van der Waals surface area (Å²) in [6.45, 7) is 1.95. The van der Waals surface area contributed by atoms with Crippen molar-refractivity contribution in [1.82, 2.24) is 44.7 Å². The third kappa shape index (κ3) is 3.19. The summed E-state index contributed by atoms with van der Waals surface area (Å²) in [5, 5.41) is 8.37. The van der Waals surface area contributed by atoms with E-state index >= 15 is 0 Å². The molecule has 0 aliphatic rings. The summed E-state index contributed by atoms with van der Waals surface area (Å²) < 4.78 is 1.94. The molecule has 10 heteroatoms. The normalized spacial score (nSPS) is 11.5. The zero-order valence-electron chi connectivity index (χ0n) is 18.3. The molecule has 0 aliphatic carbocycles. The van der Waals surface area contributed by atoms with Crippen LogP contribution in [-0.2, 0) is 0 Å². The Balaban J connectivity index is 1.48. The van der Waals surface area contributed by atoms with E-state index < -0.39 is 0 Å². The van der Waals surface area contributed by atoms with E-state index in [0.717, 1.165) is 39.1 Å². The van der Waals surface area contributed by atoms with Crippen molar-refractivity contribution in [2.75, 3.05) is 19.0 Å². The largest absolute Gasteiger partial charge is 0.376 e. The highest BCUT2D eigenvalue weighted by Crippen LogP contribution is 2.30. The Labute approximate surface area is 188 Å². The molecule has 0 atom stereocenters. The van der Waals surface area contributed by atoms with Crippen molar-refractivity contribution < 1.29 is 0 Å². The Morgan fingerprint density at radius 3 is 2.67 bits per heavy atom. The number of aromatic amines is 2. The summed E-state index contributed by atoms with van der Waals surface area (Å²) in [4.78, 5) is 27.9. The van der Waals surface area contributed by atoms with E-state index in [1.165, 1.54) is 0 Å².